The first-order valence-corrected chi connectivity index (χ1v) is 8.99. The fourth-order valence-corrected chi connectivity index (χ4v) is 3.44. The zero-order valence-electron chi connectivity index (χ0n) is 15.5. The van der Waals surface area contributed by atoms with E-state index in [2.05, 4.69) is 0 Å². The summed E-state index contributed by atoms with van der Waals surface area (Å²) in [6.07, 6.45) is 1.11. The van der Waals surface area contributed by atoms with E-state index in [1.165, 1.54) is 24.1 Å². The normalized spacial score (nSPS) is 18.8. The smallest absolute Gasteiger partial charge is 0.308 e. The van der Waals surface area contributed by atoms with Crippen LogP contribution in [0.3, 0.4) is 0 Å². The largest absolute Gasteiger partial charge is 0.481 e. The highest BCUT2D eigenvalue weighted by atomic mass is 16.4. The average molecular weight is 387 g/mol. The molecule has 0 bridgehead atoms. The molecule has 148 valence electrons. The van der Waals surface area contributed by atoms with E-state index in [-0.39, 0.29) is 30.1 Å². The molecule has 2 aliphatic rings. The van der Waals surface area contributed by atoms with Crippen LogP contribution in [0.25, 0.3) is 0 Å². The second kappa shape index (κ2) is 7.79. The molecule has 1 unspecified atom stereocenters. The predicted molar refractivity (Wildman–Crippen MR) is 96.4 cm³/mol. The molecule has 1 N–H and O–H groups in total. The van der Waals surface area contributed by atoms with Crippen molar-refractivity contribution < 1.29 is 29.1 Å². The third-order valence-corrected chi connectivity index (χ3v) is 5.09. The summed E-state index contributed by atoms with van der Waals surface area (Å²) in [6, 6.07) is 6.34. The molecular weight excluding hydrogens is 366 g/mol. The van der Waals surface area contributed by atoms with Crippen LogP contribution in [0.5, 0.6) is 0 Å². The third-order valence-electron chi connectivity index (χ3n) is 5.09. The molecule has 1 aromatic carbocycles. The highest BCUT2D eigenvalue weighted by Crippen LogP contribution is 2.22. The van der Waals surface area contributed by atoms with E-state index in [0.717, 1.165) is 9.80 Å². The van der Waals surface area contributed by atoms with Gasteiger partial charge < -0.3 is 14.9 Å². The molecule has 9 heteroatoms. The summed E-state index contributed by atoms with van der Waals surface area (Å²) in [6.45, 7) is -0.125. The standard InChI is InChI=1S/C19H21N3O6/c1-20(10-16(24)21-8-4-5-12(9-21)19(27)28)15(23)11-22-17(25)13-6-2-3-7-14(13)18(22)26/h2-3,6-7,12H,4-5,8-11H2,1H3,(H,27,28). The molecule has 0 saturated carbocycles. The summed E-state index contributed by atoms with van der Waals surface area (Å²) in [5, 5.41) is 9.12. The van der Waals surface area contributed by atoms with Crippen molar-refractivity contribution in [2.75, 3.05) is 33.2 Å². The number of rotatable bonds is 5. The topological polar surface area (TPSA) is 115 Å². The molecule has 2 aliphatic heterocycles. The van der Waals surface area contributed by atoms with Crippen molar-refractivity contribution in [2.24, 2.45) is 5.92 Å². The van der Waals surface area contributed by atoms with Crippen LogP contribution in [0.4, 0.5) is 0 Å². The monoisotopic (exact) mass is 387 g/mol. The number of carboxylic acids is 1. The van der Waals surface area contributed by atoms with Gasteiger partial charge in [0.05, 0.1) is 23.6 Å². The maximum Gasteiger partial charge on any atom is 0.308 e. The quantitative estimate of drug-likeness (QED) is 0.715. The number of carbonyl (C=O) groups is 5. The van der Waals surface area contributed by atoms with E-state index in [1.54, 1.807) is 12.1 Å². The van der Waals surface area contributed by atoms with E-state index in [0.29, 0.717) is 19.4 Å². The first-order valence-electron chi connectivity index (χ1n) is 8.99. The van der Waals surface area contributed by atoms with Gasteiger partial charge in [0.1, 0.15) is 6.54 Å². The van der Waals surface area contributed by atoms with Gasteiger partial charge in [-0.3, -0.25) is 28.9 Å². The zero-order valence-corrected chi connectivity index (χ0v) is 15.5. The molecule has 1 fully saturated rings. The van der Waals surface area contributed by atoms with Crippen LogP contribution in [0.2, 0.25) is 0 Å². The molecule has 1 aromatic rings. The van der Waals surface area contributed by atoms with E-state index < -0.39 is 36.2 Å². The highest BCUT2D eigenvalue weighted by Gasteiger charge is 2.37. The fourth-order valence-electron chi connectivity index (χ4n) is 3.44. The lowest BCUT2D eigenvalue weighted by Crippen LogP contribution is -2.48. The Morgan fingerprint density at radius 1 is 1.14 bits per heavy atom. The lowest BCUT2D eigenvalue weighted by Gasteiger charge is -2.32. The summed E-state index contributed by atoms with van der Waals surface area (Å²) in [7, 11) is 1.41. The van der Waals surface area contributed by atoms with Gasteiger partial charge in [-0.1, -0.05) is 12.1 Å². The number of aliphatic carboxylic acids is 1. The molecule has 9 nitrogen and oxygen atoms in total. The SMILES string of the molecule is CN(CC(=O)N1CCCC(C(=O)O)C1)C(=O)CN1C(=O)c2ccccc2C1=O. The number of likely N-dealkylation sites (N-methyl/N-ethyl adjacent to an activating group) is 1. The molecule has 1 saturated heterocycles. The molecule has 0 spiro atoms. The Kier molecular flexibility index (Phi) is 5.43. The van der Waals surface area contributed by atoms with Crippen molar-refractivity contribution in [3.05, 3.63) is 35.4 Å². The minimum atomic E-state index is -0.937. The number of fused-ring (bicyclic) bond motifs is 1. The lowest BCUT2D eigenvalue weighted by molar-refractivity contribution is -0.147. The molecule has 0 aromatic heterocycles. The second-order valence-corrected chi connectivity index (χ2v) is 7.01. The Hall–Kier alpha value is -3.23. The van der Waals surface area contributed by atoms with Crippen LogP contribution in [-0.2, 0) is 14.4 Å². The van der Waals surface area contributed by atoms with E-state index in [4.69, 9.17) is 5.11 Å². The van der Waals surface area contributed by atoms with Crippen LogP contribution in [0.15, 0.2) is 24.3 Å². The van der Waals surface area contributed by atoms with Gasteiger partial charge in [0, 0.05) is 20.1 Å². The number of piperidine rings is 1. The number of nitrogens with zero attached hydrogens (tertiary/aromatic N) is 3. The Balaban J connectivity index is 1.58. The summed E-state index contributed by atoms with van der Waals surface area (Å²) in [5.41, 5.74) is 0.513. The molecule has 0 radical (unpaired) electrons. The van der Waals surface area contributed by atoms with Gasteiger partial charge in [0.15, 0.2) is 0 Å². The minimum absolute atomic E-state index is 0.120. The number of benzene rings is 1. The first kappa shape index (κ1) is 19.5. The van der Waals surface area contributed by atoms with Gasteiger partial charge in [-0.15, -0.1) is 0 Å². The van der Waals surface area contributed by atoms with Crippen LogP contribution < -0.4 is 0 Å². The Labute approximate surface area is 161 Å². The number of amides is 4. The number of imide groups is 1. The average Bonchev–Trinajstić information content (AvgIpc) is 2.93. The summed E-state index contributed by atoms with van der Waals surface area (Å²) < 4.78 is 0. The first-order chi connectivity index (χ1) is 13.3. The lowest BCUT2D eigenvalue weighted by atomic mass is 9.98. The molecule has 4 amide bonds. The third kappa shape index (κ3) is 3.73. The summed E-state index contributed by atoms with van der Waals surface area (Å²) in [5.74, 6) is -3.51. The van der Waals surface area contributed by atoms with E-state index in [1.807, 2.05) is 0 Å². The van der Waals surface area contributed by atoms with Gasteiger partial charge in [-0.2, -0.15) is 0 Å². The Morgan fingerprint density at radius 3 is 2.32 bits per heavy atom. The van der Waals surface area contributed by atoms with Crippen LogP contribution in [0.1, 0.15) is 33.6 Å². The van der Waals surface area contributed by atoms with Crippen molar-refractivity contribution in [1.29, 1.82) is 0 Å². The molecule has 1 atom stereocenters. The molecule has 2 heterocycles. The second-order valence-electron chi connectivity index (χ2n) is 7.01. The van der Waals surface area contributed by atoms with Crippen molar-refractivity contribution in [2.45, 2.75) is 12.8 Å². The number of likely N-dealkylation sites (tertiary alicyclic amines) is 1. The fraction of sp³-hybridized carbons (Fsp3) is 0.421. The van der Waals surface area contributed by atoms with Gasteiger partial charge in [0.2, 0.25) is 11.8 Å². The zero-order chi connectivity index (χ0) is 20.4. The van der Waals surface area contributed by atoms with Crippen LogP contribution >= 0.6 is 0 Å². The minimum Gasteiger partial charge on any atom is -0.481 e. The van der Waals surface area contributed by atoms with E-state index >= 15 is 0 Å². The van der Waals surface area contributed by atoms with Crippen LogP contribution in [-0.4, -0.2) is 82.6 Å². The van der Waals surface area contributed by atoms with Crippen molar-refractivity contribution >= 4 is 29.6 Å². The predicted octanol–water partition coefficient (Wildman–Crippen LogP) is 0.0642. The summed E-state index contributed by atoms with van der Waals surface area (Å²) >= 11 is 0. The van der Waals surface area contributed by atoms with Crippen molar-refractivity contribution in [3.63, 3.8) is 0 Å². The number of hydrogen-bond acceptors (Lipinski definition) is 5. The van der Waals surface area contributed by atoms with Gasteiger partial charge >= 0.3 is 5.97 Å². The maximum atomic E-state index is 12.4. The van der Waals surface area contributed by atoms with Gasteiger partial charge in [-0.05, 0) is 25.0 Å². The molecule has 3 rings (SSSR count). The maximum absolute atomic E-state index is 12.4. The molecule has 0 aliphatic carbocycles. The van der Waals surface area contributed by atoms with Gasteiger partial charge in [-0.25, -0.2) is 0 Å². The Bertz CT molecular complexity index is 817. The van der Waals surface area contributed by atoms with Crippen molar-refractivity contribution in [3.8, 4) is 0 Å². The van der Waals surface area contributed by atoms with E-state index in [9.17, 15) is 24.0 Å². The van der Waals surface area contributed by atoms with Crippen LogP contribution in [0, 0.1) is 5.92 Å². The summed E-state index contributed by atoms with van der Waals surface area (Å²) in [4.78, 5) is 64.1. The van der Waals surface area contributed by atoms with Crippen molar-refractivity contribution in [1.82, 2.24) is 14.7 Å². The number of carbonyl (C=O) groups excluding carboxylic acids is 4. The molecule has 28 heavy (non-hydrogen) atoms. The highest BCUT2D eigenvalue weighted by molar-refractivity contribution is 6.22. The Morgan fingerprint density at radius 2 is 1.75 bits per heavy atom. The van der Waals surface area contributed by atoms with Gasteiger partial charge in [0.25, 0.3) is 11.8 Å². The molecular formula is C19H21N3O6. The number of carboxylic acid groups (broad SMARTS) is 1. The number of hydrogen-bond donors (Lipinski definition) is 1.